The predicted octanol–water partition coefficient (Wildman–Crippen LogP) is 2.62. The van der Waals surface area contributed by atoms with E-state index in [2.05, 4.69) is 5.10 Å². The van der Waals surface area contributed by atoms with Crippen molar-refractivity contribution >= 4 is 17.3 Å². The van der Waals surface area contributed by atoms with Crippen LogP contribution in [0, 0.1) is 10.1 Å². The number of hydrogen-bond acceptors (Lipinski definition) is 5. The summed E-state index contributed by atoms with van der Waals surface area (Å²) in [6.45, 7) is 0.155. The molecule has 0 aliphatic carbocycles. The number of amides is 1. The summed E-state index contributed by atoms with van der Waals surface area (Å²) in [5.74, 6) is 0.384. The van der Waals surface area contributed by atoms with Crippen LogP contribution in [-0.4, -0.2) is 20.6 Å². The highest BCUT2D eigenvalue weighted by Gasteiger charge is 2.19. The molecule has 3 aromatic rings. The van der Waals surface area contributed by atoms with E-state index < -0.39 is 4.92 Å². The lowest BCUT2D eigenvalue weighted by Crippen LogP contribution is -2.33. The zero-order chi connectivity index (χ0) is 16.9. The molecule has 1 amide bonds. The predicted molar refractivity (Wildman–Crippen MR) is 85.2 cm³/mol. The van der Waals surface area contributed by atoms with Gasteiger partial charge in [0.05, 0.1) is 17.7 Å². The Balaban J connectivity index is 1.81. The third kappa shape index (κ3) is 3.49. The molecule has 1 aromatic carbocycles. The summed E-state index contributed by atoms with van der Waals surface area (Å²) in [7, 11) is 0. The number of hydrogen-bond donors (Lipinski definition) is 0. The third-order valence-electron chi connectivity index (χ3n) is 3.39. The highest BCUT2D eigenvalue weighted by molar-refractivity contribution is 5.93. The summed E-state index contributed by atoms with van der Waals surface area (Å²) in [6.07, 6.45) is 3.89. The molecule has 0 aliphatic rings. The summed E-state index contributed by atoms with van der Waals surface area (Å²) >= 11 is 0. The molecule has 2 aromatic heterocycles. The molecule has 8 nitrogen and oxygen atoms in total. The van der Waals surface area contributed by atoms with E-state index in [1.54, 1.807) is 23.3 Å². The molecule has 0 spiro atoms. The highest BCUT2D eigenvalue weighted by Crippen LogP contribution is 2.18. The van der Waals surface area contributed by atoms with Gasteiger partial charge >= 0.3 is 5.69 Å². The van der Waals surface area contributed by atoms with E-state index in [-0.39, 0.29) is 24.7 Å². The standard InChI is InChI=1S/C16H14N4O4/c21-16(12-18-10-14(9-17-18)20(22)23)19(11-15-7-4-8-24-15)13-5-2-1-3-6-13/h1-10H,11-12H2. The maximum absolute atomic E-state index is 12.7. The van der Waals surface area contributed by atoms with Crippen molar-refractivity contribution in [2.75, 3.05) is 4.90 Å². The van der Waals surface area contributed by atoms with Crippen LogP contribution in [0.15, 0.2) is 65.5 Å². The van der Waals surface area contributed by atoms with Gasteiger partial charge in [0.15, 0.2) is 0 Å². The Morgan fingerprint density at radius 1 is 1.25 bits per heavy atom. The first-order chi connectivity index (χ1) is 11.6. The minimum absolute atomic E-state index is 0.108. The maximum Gasteiger partial charge on any atom is 0.307 e. The lowest BCUT2D eigenvalue weighted by atomic mass is 10.2. The van der Waals surface area contributed by atoms with Crippen molar-refractivity contribution in [3.63, 3.8) is 0 Å². The Bertz CT molecular complexity index is 827. The fraction of sp³-hybridized carbons (Fsp3) is 0.125. The average Bonchev–Trinajstić information content (AvgIpc) is 3.25. The molecule has 0 saturated heterocycles. The van der Waals surface area contributed by atoms with Gasteiger partial charge in [-0.2, -0.15) is 5.10 Å². The Morgan fingerprint density at radius 3 is 2.67 bits per heavy atom. The van der Waals surface area contributed by atoms with Crippen LogP contribution < -0.4 is 4.90 Å². The number of carbonyl (C=O) groups is 1. The minimum atomic E-state index is -0.550. The van der Waals surface area contributed by atoms with E-state index in [1.165, 1.54) is 10.9 Å². The van der Waals surface area contributed by atoms with Crippen LogP contribution >= 0.6 is 0 Å². The second kappa shape index (κ2) is 6.78. The Morgan fingerprint density at radius 2 is 2.04 bits per heavy atom. The zero-order valence-corrected chi connectivity index (χ0v) is 12.6. The lowest BCUT2D eigenvalue weighted by Gasteiger charge is -2.21. The van der Waals surface area contributed by atoms with Gasteiger partial charge in [-0.3, -0.25) is 19.6 Å². The van der Waals surface area contributed by atoms with Crippen LogP contribution in [0.5, 0.6) is 0 Å². The first-order valence-electron chi connectivity index (χ1n) is 7.18. The Hall–Kier alpha value is -3.42. The number of para-hydroxylation sites is 1. The normalized spacial score (nSPS) is 10.5. The number of anilines is 1. The largest absolute Gasteiger partial charge is 0.467 e. The van der Waals surface area contributed by atoms with Crippen molar-refractivity contribution in [1.82, 2.24) is 9.78 Å². The van der Waals surface area contributed by atoms with Gasteiger partial charge in [0.1, 0.15) is 24.7 Å². The SMILES string of the molecule is O=C(Cn1cc([N+](=O)[O-])cn1)N(Cc1ccco1)c1ccccc1. The quantitative estimate of drug-likeness (QED) is 0.512. The van der Waals surface area contributed by atoms with Crippen LogP contribution in [-0.2, 0) is 17.9 Å². The van der Waals surface area contributed by atoms with Crippen molar-refractivity contribution < 1.29 is 14.1 Å². The van der Waals surface area contributed by atoms with E-state index in [0.717, 1.165) is 6.20 Å². The van der Waals surface area contributed by atoms with Crippen molar-refractivity contribution in [3.05, 3.63) is 77.0 Å². The molecule has 8 heteroatoms. The van der Waals surface area contributed by atoms with Gasteiger partial charge in [0, 0.05) is 5.69 Å². The number of carbonyl (C=O) groups excluding carboxylic acids is 1. The summed E-state index contributed by atoms with van der Waals surface area (Å²) in [6, 6.07) is 12.7. The molecule has 3 rings (SSSR count). The monoisotopic (exact) mass is 326 g/mol. The van der Waals surface area contributed by atoms with Crippen molar-refractivity contribution in [1.29, 1.82) is 0 Å². The van der Waals surface area contributed by atoms with Crippen LogP contribution in [0.3, 0.4) is 0 Å². The van der Waals surface area contributed by atoms with E-state index in [4.69, 9.17) is 4.42 Å². The van der Waals surface area contributed by atoms with Crippen LogP contribution in [0.2, 0.25) is 0 Å². The number of nitrogens with zero attached hydrogens (tertiary/aromatic N) is 4. The molecule has 0 radical (unpaired) electrons. The second-order valence-corrected chi connectivity index (χ2v) is 5.05. The zero-order valence-electron chi connectivity index (χ0n) is 12.6. The molecule has 0 fully saturated rings. The number of aromatic nitrogens is 2. The van der Waals surface area contributed by atoms with E-state index in [0.29, 0.717) is 11.4 Å². The Kier molecular flexibility index (Phi) is 4.37. The van der Waals surface area contributed by atoms with Crippen LogP contribution in [0.25, 0.3) is 0 Å². The van der Waals surface area contributed by atoms with Crippen LogP contribution in [0.1, 0.15) is 5.76 Å². The van der Waals surface area contributed by atoms with Crippen LogP contribution in [0.4, 0.5) is 11.4 Å². The molecule has 2 heterocycles. The van der Waals surface area contributed by atoms with Crippen molar-refractivity contribution in [3.8, 4) is 0 Å². The molecule has 0 saturated carbocycles. The number of nitro groups is 1. The second-order valence-electron chi connectivity index (χ2n) is 5.05. The fourth-order valence-electron chi connectivity index (χ4n) is 2.25. The molecule has 0 unspecified atom stereocenters. The molecular weight excluding hydrogens is 312 g/mol. The van der Waals surface area contributed by atoms with E-state index in [1.807, 2.05) is 30.3 Å². The van der Waals surface area contributed by atoms with Gasteiger partial charge in [-0.1, -0.05) is 18.2 Å². The lowest BCUT2D eigenvalue weighted by molar-refractivity contribution is -0.385. The Labute approximate surface area is 137 Å². The van der Waals surface area contributed by atoms with Crippen molar-refractivity contribution in [2.24, 2.45) is 0 Å². The van der Waals surface area contributed by atoms with E-state index >= 15 is 0 Å². The highest BCUT2D eigenvalue weighted by atomic mass is 16.6. The number of benzene rings is 1. The maximum atomic E-state index is 12.7. The number of rotatable bonds is 6. The third-order valence-corrected chi connectivity index (χ3v) is 3.39. The summed E-state index contributed by atoms with van der Waals surface area (Å²) in [4.78, 5) is 24.4. The van der Waals surface area contributed by atoms with Gasteiger partial charge < -0.3 is 9.32 Å². The molecular formula is C16H14N4O4. The molecule has 0 aliphatic heterocycles. The molecule has 0 N–H and O–H groups in total. The first kappa shape index (κ1) is 15.5. The summed E-state index contributed by atoms with van der Waals surface area (Å²) in [5, 5.41) is 14.6. The molecule has 0 atom stereocenters. The minimum Gasteiger partial charge on any atom is -0.467 e. The summed E-state index contributed by atoms with van der Waals surface area (Å²) in [5.41, 5.74) is 0.556. The van der Waals surface area contributed by atoms with Gasteiger partial charge in [-0.25, -0.2) is 0 Å². The topological polar surface area (TPSA) is 94.4 Å². The van der Waals surface area contributed by atoms with Gasteiger partial charge in [0.2, 0.25) is 5.91 Å². The smallest absolute Gasteiger partial charge is 0.307 e. The summed E-state index contributed by atoms with van der Waals surface area (Å²) < 4.78 is 6.56. The molecule has 122 valence electrons. The van der Waals surface area contributed by atoms with Gasteiger partial charge in [-0.05, 0) is 24.3 Å². The number of furan rings is 1. The van der Waals surface area contributed by atoms with Gasteiger partial charge in [-0.15, -0.1) is 0 Å². The van der Waals surface area contributed by atoms with Gasteiger partial charge in [0.25, 0.3) is 0 Å². The van der Waals surface area contributed by atoms with E-state index in [9.17, 15) is 14.9 Å². The first-order valence-corrected chi connectivity index (χ1v) is 7.18. The average molecular weight is 326 g/mol. The fourth-order valence-corrected chi connectivity index (χ4v) is 2.25. The molecule has 0 bridgehead atoms. The van der Waals surface area contributed by atoms with Crippen molar-refractivity contribution in [2.45, 2.75) is 13.1 Å². The molecule has 24 heavy (non-hydrogen) atoms.